The van der Waals surface area contributed by atoms with Crippen LogP contribution in [0.3, 0.4) is 0 Å². The van der Waals surface area contributed by atoms with Crippen molar-refractivity contribution >= 4 is 16.5 Å². The van der Waals surface area contributed by atoms with Gasteiger partial charge in [0, 0.05) is 43.6 Å². The van der Waals surface area contributed by atoms with E-state index in [2.05, 4.69) is 44.8 Å². The lowest BCUT2D eigenvalue weighted by atomic mass is 10.2. The molecular formula is C12H17N5S. The van der Waals surface area contributed by atoms with E-state index in [0.29, 0.717) is 0 Å². The van der Waals surface area contributed by atoms with Gasteiger partial charge in [0.15, 0.2) is 0 Å². The van der Waals surface area contributed by atoms with Gasteiger partial charge in [-0.05, 0) is 25.6 Å². The molecule has 0 aromatic carbocycles. The highest BCUT2D eigenvalue weighted by Gasteiger charge is 2.10. The van der Waals surface area contributed by atoms with Crippen molar-refractivity contribution < 1.29 is 0 Å². The molecule has 2 rings (SSSR count). The molecule has 18 heavy (non-hydrogen) atoms. The Hall–Kier alpha value is -1.53. The first-order valence-corrected chi connectivity index (χ1v) is 6.69. The van der Waals surface area contributed by atoms with Crippen LogP contribution in [0.1, 0.15) is 18.2 Å². The third-order valence-corrected chi connectivity index (χ3v) is 3.21. The number of aromatic nitrogens is 3. The maximum absolute atomic E-state index is 4.17. The van der Waals surface area contributed by atoms with Crippen LogP contribution in [0, 0.1) is 0 Å². The molecule has 0 amide bonds. The van der Waals surface area contributed by atoms with E-state index in [4.69, 9.17) is 0 Å². The van der Waals surface area contributed by atoms with Gasteiger partial charge in [0.2, 0.25) is 0 Å². The second kappa shape index (κ2) is 6.42. The average molecular weight is 263 g/mol. The molecule has 0 atom stereocenters. The lowest BCUT2D eigenvalue weighted by molar-refractivity contribution is 0.315. The Morgan fingerprint density at radius 1 is 1.39 bits per heavy atom. The van der Waals surface area contributed by atoms with Crippen LogP contribution in [0.5, 0.6) is 0 Å². The standard InChI is InChI=1S/C12H17N5S/c1-3-14-12-11(15-16-18-12)9-17(2)8-10-5-4-6-13-7-10/h4-7,14H,3,8-9H2,1-2H3. The monoisotopic (exact) mass is 263 g/mol. The van der Waals surface area contributed by atoms with Crippen LogP contribution >= 0.6 is 11.5 Å². The van der Waals surface area contributed by atoms with Crippen LogP contribution in [0.25, 0.3) is 0 Å². The maximum atomic E-state index is 4.17. The molecule has 2 aromatic heterocycles. The normalized spacial score (nSPS) is 10.8. The van der Waals surface area contributed by atoms with Gasteiger partial charge >= 0.3 is 0 Å². The summed E-state index contributed by atoms with van der Waals surface area (Å²) in [6.45, 7) is 4.61. The van der Waals surface area contributed by atoms with Crippen LogP contribution in [-0.4, -0.2) is 33.1 Å². The SMILES string of the molecule is CCNc1snnc1CN(C)Cc1cccnc1. The fourth-order valence-corrected chi connectivity index (χ4v) is 2.36. The number of pyridine rings is 1. The molecule has 1 N–H and O–H groups in total. The fraction of sp³-hybridized carbons (Fsp3) is 0.417. The summed E-state index contributed by atoms with van der Waals surface area (Å²) in [7, 11) is 2.07. The van der Waals surface area contributed by atoms with Crippen molar-refractivity contribution in [3.63, 3.8) is 0 Å². The third-order valence-electron chi connectivity index (χ3n) is 2.49. The first-order valence-electron chi connectivity index (χ1n) is 5.92. The van der Waals surface area contributed by atoms with Crippen molar-refractivity contribution in [1.29, 1.82) is 0 Å². The number of hydrogen-bond donors (Lipinski definition) is 1. The summed E-state index contributed by atoms with van der Waals surface area (Å²) in [6.07, 6.45) is 3.68. The molecule has 0 saturated carbocycles. The number of nitrogens with zero attached hydrogens (tertiary/aromatic N) is 4. The number of rotatable bonds is 6. The first-order chi connectivity index (χ1) is 8.79. The molecule has 0 fully saturated rings. The van der Waals surface area contributed by atoms with E-state index in [1.165, 1.54) is 17.1 Å². The summed E-state index contributed by atoms with van der Waals surface area (Å²) in [5, 5.41) is 8.51. The first kappa shape index (κ1) is 12.9. The molecule has 6 heteroatoms. The number of nitrogens with one attached hydrogen (secondary N) is 1. The van der Waals surface area contributed by atoms with E-state index in [0.717, 1.165) is 30.3 Å². The summed E-state index contributed by atoms with van der Waals surface area (Å²) >= 11 is 1.41. The van der Waals surface area contributed by atoms with Crippen molar-refractivity contribution in [1.82, 2.24) is 19.5 Å². The van der Waals surface area contributed by atoms with Crippen LogP contribution in [0.4, 0.5) is 5.00 Å². The van der Waals surface area contributed by atoms with Gasteiger partial charge in [-0.3, -0.25) is 9.88 Å². The molecule has 0 unspecified atom stereocenters. The lowest BCUT2D eigenvalue weighted by Gasteiger charge is -2.15. The Morgan fingerprint density at radius 2 is 2.28 bits per heavy atom. The van der Waals surface area contributed by atoms with E-state index in [-0.39, 0.29) is 0 Å². The molecule has 0 aliphatic carbocycles. The largest absolute Gasteiger partial charge is 0.374 e. The Kier molecular flexibility index (Phi) is 4.60. The summed E-state index contributed by atoms with van der Waals surface area (Å²) < 4.78 is 3.99. The zero-order valence-corrected chi connectivity index (χ0v) is 11.4. The van der Waals surface area contributed by atoms with Gasteiger partial charge in [-0.1, -0.05) is 10.6 Å². The van der Waals surface area contributed by atoms with Crippen LogP contribution in [0.2, 0.25) is 0 Å². The second-order valence-electron chi connectivity index (χ2n) is 4.11. The zero-order chi connectivity index (χ0) is 12.8. The summed E-state index contributed by atoms with van der Waals surface area (Å²) in [5.74, 6) is 0. The molecule has 2 aromatic rings. The van der Waals surface area contributed by atoms with Crippen LogP contribution in [0.15, 0.2) is 24.5 Å². The Bertz CT molecular complexity index is 470. The van der Waals surface area contributed by atoms with Crippen molar-refractivity contribution in [2.45, 2.75) is 20.0 Å². The summed E-state index contributed by atoms with van der Waals surface area (Å²) in [4.78, 5) is 6.32. The van der Waals surface area contributed by atoms with Crippen molar-refractivity contribution in [3.05, 3.63) is 35.8 Å². The Balaban J connectivity index is 1.94. The van der Waals surface area contributed by atoms with Gasteiger partial charge in [-0.2, -0.15) is 0 Å². The molecule has 5 nitrogen and oxygen atoms in total. The smallest absolute Gasteiger partial charge is 0.134 e. The summed E-state index contributed by atoms with van der Waals surface area (Å²) in [5.41, 5.74) is 2.21. The molecule has 0 aliphatic heterocycles. The molecule has 0 aliphatic rings. The van der Waals surface area contributed by atoms with Crippen LogP contribution < -0.4 is 5.32 Å². The minimum atomic E-state index is 0.785. The van der Waals surface area contributed by atoms with Gasteiger partial charge in [0.1, 0.15) is 10.7 Å². The van der Waals surface area contributed by atoms with E-state index in [9.17, 15) is 0 Å². The van der Waals surface area contributed by atoms with Gasteiger partial charge < -0.3 is 5.32 Å². The van der Waals surface area contributed by atoms with Crippen molar-refractivity contribution in [2.24, 2.45) is 0 Å². The molecule has 96 valence electrons. The van der Waals surface area contributed by atoms with E-state index in [1.807, 2.05) is 12.3 Å². The second-order valence-corrected chi connectivity index (χ2v) is 4.87. The van der Waals surface area contributed by atoms with Crippen molar-refractivity contribution in [2.75, 3.05) is 18.9 Å². The lowest BCUT2D eigenvalue weighted by Crippen LogP contribution is -2.18. The maximum Gasteiger partial charge on any atom is 0.134 e. The Morgan fingerprint density at radius 3 is 3.00 bits per heavy atom. The zero-order valence-electron chi connectivity index (χ0n) is 10.6. The highest BCUT2D eigenvalue weighted by Crippen LogP contribution is 2.19. The molecule has 2 heterocycles. The third kappa shape index (κ3) is 3.48. The molecule has 0 saturated heterocycles. The summed E-state index contributed by atoms with van der Waals surface area (Å²) in [6, 6.07) is 4.03. The Labute approximate surface area is 111 Å². The van der Waals surface area contributed by atoms with Gasteiger partial charge in [0.25, 0.3) is 0 Å². The number of anilines is 1. The van der Waals surface area contributed by atoms with Crippen LogP contribution in [-0.2, 0) is 13.1 Å². The van der Waals surface area contributed by atoms with E-state index < -0.39 is 0 Å². The molecule has 0 spiro atoms. The fourth-order valence-electron chi connectivity index (χ4n) is 1.72. The quantitative estimate of drug-likeness (QED) is 0.864. The minimum absolute atomic E-state index is 0.785. The van der Waals surface area contributed by atoms with E-state index >= 15 is 0 Å². The molecule has 0 radical (unpaired) electrons. The average Bonchev–Trinajstić information content (AvgIpc) is 2.78. The topological polar surface area (TPSA) is 53.9 Å². The number of hydrogen-bond acceptors (Lipinski definition) is 6. The van der Waals surface area contributed by atoms with Gasteiger partial charge in [-0.15, -0.1) is 5.10 Å². The van der Waals surface area contributed by atoms with E-state index in [1.54, 1.807) is 6.20 Å². The molecule has 0 bridgehead atoms. The highest BCUT2D eigenvalue weighted by atomic mass is 32.1. The predicted molar refractivity (Wildman–Crippen MR) is 73.5 cm³/mol. The highest BCUT2D eigenvalue weighted by molar-refractivity contribution is 7.10. The van der Waals surface area contributed by atoms with Crippen molar-refractivity contribution in [3.8, 4) is 0 Å². The van der Waals surface area contributed by atoms with Gasteiger partial charge in [0.05, 0.1) is 0 Å². The molecular weight excluding hydrogens is 246 g/mol. The van der Waals surface area contributed by atoms with Gasteiger partial charge in [-0.25, -0.2) is 0 Å². The minimum Gasteiger partial charge on any atom is -0.374 e. The predicted octanol–water partition coefficient (Wildman–Crippen LogP) is 2.00.